The predicted molar refractivity (Wildman–Crippen MR) is 153 cm³/mol. The maximum absolute atomic E-state index is 13.9. The van der Waals surface area contributed by atoms with Crippen LogP contribution in [-0.2, 0) is 21.6 Å². The highest BCUT2D eigenvalue weighted by Crippen LogP contribution is 2.53. The van der Waals surface area contributed by atoms with E-state index in [1.807, 2.05) is 54.6 Å². The molecular weight excluding hydrogens is 599 g/mol. The fraction of sp³-hybridized carbons (Fsp3) is 0.188. The molecule has 2 atom stereocenters. The lowest BCUT2D eigenvalue weighted by molar-refractivity contribution is -0.137. The number of fused-ring (bicyclic) bond motifs is 3. The molecule has 0 bridgehead atoms. The molecule has 0 N–H and O–H groups in total. The van der Waals surface area contributed by atoms with Crippen LogP contribution in [0.25, 0.3) is 5.57 Å². The Balaban J connectivity index is 1.54. The zero-order chi connectivity index (χ0) is 28.1. The zero-order valence-corrected chi connectivity index (χ0v) is 23.7. The predicted octanol–water partition coefficient (Wildman–Crippen LogP) is 7.91. The van der Waals surface area contributed by atoms with Crippen LogP contribution in [0.1, 0.15) is 34.2 Å². The number of hydrogen-bond acceptors (Lipinski definition) is 2. The molecule has 0 unspecified atom stereocenters. The Hall–Kier alpha value is -3.20. The number of hydrogen-bond donors (Lipinski definition) is 0. The molecule has 3 nitrogen and oxygen atoms in total. The van der Waals surface area contributed by atoms with Crippen LogP contribution >= 0.6 is 15.9 Å². The van der Waals surface area contributed by atoms with Crippen LogP contribution in [-0.4, -0.2) is 25.8 Å². The fourth-order valence-electron chi connectivity index (χ4n) is 6.21. The molecule has 0 radical (unpaired) electrons. The molecule has 4 aromatic carbocycles. The highest BCUT2D eigenvalue weighted by Gasteiger charge is 2.50. The van der Waals surface area contributed by atoms with Crippen LogP contribution in [0.4, 0.5) is 13.2 Å². The number of piperidine rings is 1. The first-order valence-corrected chi connectivity index (χ1v) is 15.1. The first kappa shape index (κ1) is 27.0. The van der Waals surface area contributed by atoms with E-state index < -0.39 is 33.1 Å². The van der Waals surface area contributed by atoms with Gasteiger partial charge in [-0.05, 0) is 64.6 Å². The first-order chi connectivity index (χ1) is 19.1. The Morgan fingerprint density at radius 3 is 2.27 bits per heavy atom. The van der Waals surface area contributed by atoms with Crippen LogP contribution in [0, 0.1) is 5.92 Å². The average molecular weight is 625 g/mol. The molecule has 0 aromatic heterocycles. The lowest BCUT2D eigenvalue weighted by atomic mass is 9.57. The topological polar surface area (TPSA) is 37.4 Å². The molecule has 4 aromatic rings. The maximum Gasteiger partial charge on any atom is 0.416 e. The van der Waals surface area contributed by atoms with Crippen LogP contribution in [0.5, 0.6) is 0 Å². The van der Waals surface area contributed by atoms with E-state index in [2.05, 4.69) is 22.0 Å². The van der Waals surface area contributed by atoms with E-state index in [1.54, 1.807) is 30.3 Å². The van der Waals surface area contributed by atoms with Gasteiger partial charge in [0.15, 0.2) is 0 Å². The summed E-state index contributed by atoms with van der Waals surface area (Å²) in [7, 11) is -3.83. The molecule has 1 fully saturated rings. The summed E-state index contributed by atoms with van der Waals surface area (Å²) < 4.78 is 71.3. The Bertz CT molecular complexity index is 1700. The minimum Gasteiger partial charge on any atom is -0.207 e. The minimum absolute atomic E-state index is 0.138. The molecule has 1 aliphatic carbocycles. The summed E-state index contributed by atoms with van der Waals surface area (Å²) in [4.78, 5) is 0.186. The van der Waals surface area contributed by atoms with Crippen molar-refractivity contribution >= 4 is 31.5 Å². The van der Waals surface area contributed by atoms with Crippen molar-refractivity contribution in [3.8, 4) is 0 Å². The quantitative estimate of drug-likeness (QED) is 0.232. The molecule has 0 spiro atoms. The second-order valence-corrected chi connectivity index (χ2v) is 13.1. The Morgan fingerprint density at radius 1 is 0.850 bits per heavy atom. The Morgan fingerprint density at radius 2 is 1.55 bits per heavy atom. The van der Waals surface area contributed by atoms with Crippen LogP contribution in [0.15, 0.2) is 119 Å². The molecule has 1 saturated heterocycles. The van der Waals surface area contributed by atoms with Crippen molar-refractivity contribution in [1.82, 2.24) is 4.31 Å². The van der Waals surface area contributed by atoms with Crippen LogP contribution < -0.4 is 0 Å². The van der Waals surface area contributed by atoms with Gasteiger partial charge in [-0.2, -0.15) is 17.5 Å². The molecule has 6 rings (SSSR count). The third kappa shape index (κ3) is 4.52. The summed E-state index contributed by atoms with van der Waals surface area (Å²) in [6.45, 7) is 0.313. The summed E-state index contributed by atoms with van der Waals surface area (Å²) >= 11 is 3.35. The second kappa shape index (κ2) is 10.0. The molecule has 8 heteroatoms. The van der Waals surface area contributed by atoms with Crippen molar-refractivity contribution in [2.24, 2.45) is 5.92 Å². The smallest absolute Gasteiger partial charge is 0.207 e. The molecule has 1 aliphatic heterocycles. The van der Waals surface area contributed by atoms with Crippen molar-refractivity contribution in [3.63, 3.8) is 0 Å². The van der Waals surface area contributed by atoms with Gasteiger partial charge in [-0.1, -0.05) is 94.8 Å². The molecule has 2 aliphatic rings. The largest absolute Gasteiger partial charge is 0.416 e. The SMILES string of the molecule is O=S(=O)(c1ccc(Br)cc1)N1CC[C@]2(c3cccc(C(F)(F)F)c3)c3ccccc3C(c3ccccc3)=C[C@@H]2C1. The molecular formula is C32H25BrF3NO2S. The van der Waals surface area contributed by atoms with Crippen LogP contribution in [0.3, 0.4) is 0 Å². The Labute approximate surface area is 240 Å². The number of rotatable bonds is 4. The third-order valence-corrected chi connectivity index (χ3v) is 10.5. The van der Waals surface area contributed by atoms with Crippen LogP contribution in [0.2, 0.25) is 0 Å². The second-order valence-electron chi connectivity index (χ2n) is 10.2. The zero-order valence-electron chi connectivity index (χ0n) is 21.3. The maximum atomic E-state index is 13.9. The number of halogens is 4. The van der Waals surface area contributed by atoms with Gasteiger partial charge in [0.2, 0.25) is 10.0 Å². The van der Waals surface area contributed by atoms with E-state index in [1.165, 1.54) is 16.4 Å². The third-order valence-electron chi connectivity index (χ3n) is 8.10. The van der Waals surface area contributed by atoms with E-state index in [9.17, 15) is 21.6 Å². The normalized spacial score (nSPS) is 21.3. The lowest BCUT2D eigenvalue weighted by Gasteiger charge is -2.50. The molecule has 0 saturated carbocycles. The number of sulfonamides is 1. The van der Waals surface area contributed by atoms with Crippen molar-refractivity contribution in [2.75, 3.05) is 13.1 Å². The van der Waals surface area contributed by atoms with Gasteiger partial charge in [0.1, 0.15) is 0 Å². The lowest BCUT2D eigenvalue weighted by Crippen LogP contribution is -2.53. The summed E-state index contributed by atoms with van der Waals surface area (Å²) in [5.74, 6) is -0.403. The van der Waals surface area contributed by atoms with Gasteiger partial charge in [0.25, 0.3) is 0 Å². The van der Waals surface area contributed by atoms with Crippen molar-refractivity contribution in [3.05, 3.63) is 141 Å². The number of benzene rings is 4. The number of nitrogens with zero attached hydrogens (tertiary/aromatic N) is 1. The van der Waals surface area contributed by atoms with E-state index in [0.29, 0.717) is 12.0 Å². The van der Waals surface area contributed by atoms with E-state index in [4.69, 9.17) is 0 Å². The van der Waals surface area contributed by atoms with Gasteiger partial charge in [0.05, 0.1) is 10.5 Å². The Kier molecular flexibility index (Phi) is 6.76. The average Bonchev–Trinajstić information content (AvgIpc) is 2.96. The van der Waals surface area contributed by atoms with Gasteiger partial charge in [-0.25, -0.2) is 8.42 Å². The van der Waals surface area contributed by atoms with Gasteiger partial charge in [-0.3, -0.25) is 0 Å². The summed E-state index contributed by atoms with van der Waals surface area (Å²) in [6.07, 6.45) is -2.08. The van der Waals surface area contributed by atoms with E-state index in [-0.39, 0.29) is 18.0 Å². The summed E-state index contributed by atoms with van der Waals surface area (Å²) in [6, 6.07) is 29.7. The van der Waals surface area contributed by atoms with Gasteiger partial charge >= 0.3 is 6.18 Å². The van der Waals surface area contributed by atoms with E-state index in [0.717, 1.165) is 32.8 Å². The van der Waals surface area contributed by atoms with Gasteiger partial charge < -0.3 is 0 Å². The van der Waals surface area contributed by atoms with E-state index >= 15 is 0 Å². The van der Waals surface area contributed by atoms with Gasteiger partial charge in [-0.15, -0.1) is 0 Å². The fourth-order valence-corrected chi connectivity index (χ4v) is 7.94. The number of alkyl halides is 3. The molecule has 1 heterocycles. The highest BCUT2D eigenvalue weighted by atomic mass is 79.9. The van der Waals surface area contributed by atoms with Crippen molar-refractivity contribution in [1.29, 1.82) is 0 Å². The summed E-state index contributed by atoms with van der Waals surface area (Å²) in [5.41, 5.74) is 2.80. The highest BCUT2D eigenvalue weighted by molar-refractivity contribution is 9.10. The first-order valence-electron chi connectivity index (χ1n) is 12.9. The molecule has 0 amide bonds. The van der Waals surface area contributed by atoms with Crippen molar-refractivity contribution in [2.45, 2.75) is 22.9 Å². The van der Waals surface area contributed by atoms with Gasteiger partial charge in [0, 0.05) is 28.9 Å². The molecule has 40 heavy (non-hydrogen) atoms. The minimum atomic E-state index is -4.49. The molecule has 204 valence electrons. The monoisotopic (exact) mass is 623 g/mol. The summed E-state index contributed by atoms with van der Waals surface area (Å²) in [5, 5.41) is 0. The van der Waals surface area contributed by atoms with Crippen molar-refractivity contribution < 1.29 is 21.6 Å². The standard InChI is InChI=1S/C32H25BrF3NO2S/c33-26-13-15-27(16-14-26)40(38,39)37-18-17-31(23-9-6-10-24(19-23)32(34,35)36)25(21-37)20-29(22-7-2-1-3-8-22)28-11-4-5-12-30(28)31/h1-16,19-20,25H,17-18,21H2/t25-,31-/m1/s1.